The summed E-state index contributed by atoms with van der Waals surface area (Å²) in [5, 5.41) is 3.15. The van der Waals surface area contributed by atoms with Gasteiger partial charge in [0.1, 0.15) is 22.9 Å². The van der Waals surface area contributed by atoms with Gasteiger partial charge in [0.05, 0.1) is 7.11 Å². The van der Waals surface area contributed by atoms with Crippen LogP contribution in [0.25, 0.3) is 16.9 Å². The van der Waals surface area contributed by atoms with Crippen LogP contribution in [0, 0.1) is 5.92 Å². The number of unbranched alkanes of at least 4 members (excludes halogenated alkanes) is 1. The second-order valence-corrected chi connectivity index (χ2v) is 6.70. The molecule has 1 atom stereocenters. The number of nitrogens with one attached hydrogen (secondary N) is 1. The standard InChI is InChI=1S/C22H27N3O2/c1-4-6-9-16(5-2)22(26)24-21-20(17-11-13-18(27-3)14-12-17)23-19-10-7-8-15-25(19)21/h7-8,10-16H,4-6,9H2,1-3H3,(H,24,26). The lowest BCUT2D eigenvalue weighted by molar-refractivity contribution is -0.120. The summed E-state index contributed by atoms with van der Waals surface area (Å²) in [5.74, 6) is 1.59. The zero-order valence-electron chi connectivity index (χ0n) is 16.2. The van der Waals surface area contributed by atoms with Gasteiger partial charge in [-0.1, -0.05) is 32.8 Å². The van der Waals surface area contributed by atoms with Crippen molar-refractivity contribution in [2.45, 2.75) is 39.5 Å². The molecule has 3 rings (SSSR count). The highest BCUT2D eigenvalue weighted by Crippen LogP contribution is 2.30. The number of rotatable bonds is 8. The van der Waals surface area contributed by atoms with Gasteiger partial charge in [-0.2, -0.15) is 0 Å². The highest BCUT2D eigenvalue weighted by molar-refractivity contribution is 5.96. The van der Waals surface area contributed by atoms with E-state index in [1.165, 1.54) is 0 Å². The largest absolute Gasteiger partial charge is 0.497 e. The van der Waals surface area contributed by atoms with Gasteiger partial charge in [0.15, 0.2) is 0 Å². The minimum absolute atomic E-state index is 0.0166. The molecule has 142 valence electrons. The van der Waals surface area contributed by atoms with E-state index < -0.39 is 0 Å². The van der Waals surface area contributed by atoms with Crippen molar-refractivity contribution in [3.63, 3.8) is 0 Å². The van der Waals surface area contributed by atoms with Crippen molar-refractivity contribution in [2.24, 2.45) is 5.92 Å². The Morgan fingerprint density at radius 1 is 1.19 bits per heavy atom. The molecule has 2 heterocycles. The Labute approximate surface area is 160 Å². The van der Waals surface area contributed by atoms with Crippen molar-refractivity contribution in [1.29, 1.82) is 0 Å². The van der Waals surface area contributed by atoms with Crippen LogP contribution in [0.2, 0.25) is 0 Å². The van der Waals surface area contributed by atoms with E-state index in [0.29, 0.717) is 0 Å². The van der Waals surface area contributed by atoms with Gasteiger partial charge in [0, 0.05) is 17.7 Å². The Morgan fingerprint density at radius 2 is 1.96 bits per heavy atom. The molecule has 0 saturated carbocycles. The van der Waals surface area contributed by atoms with Crippen molar-refractivity contribution in [3.8, 4) is 17.0 Å². The lowest BCUT2D eigenvalue weighted by atomic mass is 9.98. The maximum Gasteiger partial charge on any atom is 0.228 e. The van der Waals surface area contributed by atoms with Gasteiger partial charge in [0.2, 0.25) is 5.91 Å². The lowest BCUT2D eigenvalue weighted by Crippen LogP contribution is -2.23. The second kappa shape index (κ2) is 8.71. The van der Waals surface area contributed by atoms with Crippen LogP contribution < -0.4 is 10.1 Å². The summed E-state index contributed by atoms with van der Waals surface area (Å²) in [6.45, 7) is 4.22. The fourth-order valence-corrected chi connectivity index (χ4v) is 3.26. The molecule has 0 aliphatic carbocycles. The van der Waals surface area contributed by atoms with E-state index in [1.54, 1.807) is 7.11 Å². The van der Waals surface area contributed by atoms with Gasteiger partial charge in [-0.15, -0.1) is 0 Å². The summed E-state index contributed by atoms with van der Waals surface area (Å²) >= 11 is 0. The average Bonchev–Trinajstić information content (AvgIpc) is 3.07. The highest BCUT2D eigenvalue weighted by Gasteiger charge is 2.21. The van der Waals surface area contributed by atoms with Crippen molar-refractivity contribution in [1.82, 2.24) is 9.38 Å². The normalized spacial score (nSPS) is 12.1. The summed E-state index contributed by atoms with van der Waals surface area (Å²) in [6.07, 6.45) is 5.83. The molecular weight excluding hydrogens is 338 g/mol. The predicted molar refractivity (Wildman–Crippen MR) is 109 cm³/mol. The second-order valence-electron chi connectivity index (χ2n) is 6.70. The first-order valence-corrected chi connectivity index (χ1v) is 9.60. The van der Waals surface area contributed by atoms with E-state index in [4.69, 9.17) is 9.72 Å². The molecule has 0 bridgehead atoms. The van der Waals surface area contributed by atoms with E-state index in [1.807, 2.05) is 53.1 Å². The van der Waals surface area contributed by atoms with Gasteiger partial charge < -0.3 is 10.1 Å². The summed E-state index contributed by atoms with van der Waals surface area (Å²) in [7, 11) is 1.65. The van der Waals surface area contributed by atoms with Gasteiger partial charge in [0.25, 0.3) is 0 Å². The smallest absolute Gasteiger partial charge is 0.228 e. The molecule has 27 heavy (non-hydrogen) atoms. The summed E-state index contributed by atoms with van der Waals surface area (Å²) in [4.78, 5) is 17.6. The van der Waals surface area contributed by atoms with Crippen LogP contribution in [0.3, 0.4) is 0 Å². The Kier molecular flexibility index (Phi) is 6.12. The zero-order chi connectivity index (χ0) is 19.2. The van der Waals surface area contributed by atoms with E-state index in [0.717, 1.165) is 54.2 Å². The van der Waals surface area contributed by atoms with E-state index >= 15 is 0 Å². The maximum atomic E-state index is 12.9. The van der Waals surface area contributed by atoms with Crippen LogP contribution >= 0.6 is 0 Å². The third-order valence-corrected chi connectivity index (χ3v) is 4.90. The Morgan fingerprint density at radius 3 is 2.63 bits per heavy atom. The fraction of sp³-hybridized carbons (Fsp3) is 0.364. The number of benzene rings is 1. The SMILES string of the molecule is CCCCC(CC)C(=O)Nc1c(-c2ccc(OC)cc2)nc2ccccn12. The van der Waals surface area contributed by atoms with Crippen LogP contribution in [-0.4, -0.2) is 22.4 Å². The number of aromatic nitrogens is 2. The molecule has 1 N–H and O–H groups in total. The van der Waals surface area contributed by atoms with Gasteiger partial charge in [-0.05, 0) is 49.2 Å². The molecule has 0 aliphatic heterocycles. The van der Waals surface area contributed by atoms with Crippen LogP contribution in [0.4, 0.5) is 5.82 Å². The number of methoxy groups -OCH3 is 1. The number of pyridine rings is 1. The molecule has 2 aromatic heterocycles. The first kappa shape index (κ1) is 19.0. The van der Waals surface area contributed by atoms with Crippen molar-refractivity contribution >= 4 is 17.4 Å². The quantitative estimate of drug-likeness (QED) is 0.599. The fourth-order valence-electron chi connectivity index (χ4n) is 3.26. The number of nitrogens with zero attached hydrogens (tertiary/aromatic N) is 2. The number of imidazole rings is 1. The number of carbonyl (C=O) groups is 1. The number of anilines is 1. The zero-order valence-corrected chi connectivity index (χ0v) is 16.2. The van der Waals surface area contributed by atoms with E-state index in [-0.39, 0.29) is 11.8 Å². The molecule has 5 heteroatoms. The Bertz CT molecular complexity index is 900. The topological polar surface area (TPSA) is 55.6 Å². The molecule has 0 saturated heterocycles. The van der Waals surface area contributed by atoms with E-state index in [2.05, 4.69) is 19.2 Å². The maximum absolute atomic E-state index is 12.9. The predicted octanol–water partition coefficient (Wildman–Crippen LogP) is 5.16. The van der Waals surface area contributed by atoms with Crippen molar-refractivity contribution < 1.29 is 9.53 Å². The monoisotopic (exact) mass is 365 g/mol. The average molecular weight is 365 g/mol. The molecule has 1 unspecified atom stereocenters. The number of hydrogen-bond acceptors (Lipinski definition) is 3. The Hall–Kier alpha value is -2.82. The first-order valence-electron chi connectivity index (χ1n) is 9.60. The number of amides is 1. The van der Waals surface area contributed by atoms with Crippen LogP contribution in [0.5, 0.6) is 5.75 Å². The minimum atomic E-state index is 0.0166. The van der Waals surface area contributed by atoms with Crippen LogP contribution in [0.15, 0.2) is 48.7 Å². The first-order chi connectivity index (χ1) is 13.2. The van der Waals surface area contributed by atoms with Crippen molar-refractivity contribution in [3.05, 3.63) is 48.7 Å². The molecule has 0 radical (unpaired) electrons. The highest BCUT2D eigenvalue weighted by atomic mass is 16.5. The molecule has 0 fully saturated rings. The number of fused-ring (bicyclic) bond motifs is 1. The van der Waals surface area contributed by atoms with Crippen LogP contribution in [-0.2, 0) is 4.79 Å². The number of ether oxygens (including phenoxy) is 1. The molecule has 1 amide bonds. The van der Waals surface area contributed by atoms with Gasteiger partial charge >= 0.3 is 0 Å². The summed E-state index contributed by atoms with van der Waals surface area (Å²) < 4.78 is 7.18. The summed E-state index contributed by atoms with van der Waals surface area (Å²) in [6, 6.07) is 13.6. The minimum Gasteiger partial charge on any atom is -0.497 e. The number of hydrogen-bond donors (Lipinski definition) is 1. The van der Waals surface area contributed by atoms with Gasteiger partial charge in [-0.25, -0.2) is 4.98 Å². The molecule has 0 spiro atoms. The third kappa shape index (κ3) is 4.13. The van der Waals surface area contributed by atoms with Gasteiger partial charge in [-0.3, -0.25) is 9.20 Å². The lowest BCUT2D eigenvalue weighted by Gasteiger charge is -2.15. The molecule has 3 aromatic rings. The Balaban J connectivity index is 1.98. The molecular formula is C22H27N3O2. The summed E-state index contributed by atoms with van der Waals surface area (Å²) in [5.41, 5.74) is 2.51. The van der Waals surface area contributed by atoms with E-state index in [9.17, 15) is 4.79 Å². The molecule has 5 nitrogen and oxygen atoms in total. The molecule has 1 aromatic carbocycles. The molecule has 0 aliphatic rings. The number of carbonyl (C=O) groups excluding carboxylic acids is 1. The van der Waals surface area contributed by atoms with Crippen LogP contribution in [0.1, 0.15) is 39.5 Å². The van der Waals surface area contributed by atoms with Crippen molar-refractivity contribution in [2.75, 3.05) is 12.4 Å². The third-order valence-electron chi connectivity index (χ3n) is 4.90.